The summed E-state index contributed by atoms with van der Waals surface area (Å²) in [6.45, 7) is 0.854. The van der Waals surface area contributed by atoms with E-state index in [0.717, 1.165) is 17.9 Å². The van der Waals surface area contributed by atoms with E-state index in [-0.39, 0.29) is 0 Å². The number of nitriles is 1. The molecule has 0 amide bonds. The van der Waals surface area contributed by atoms with Crippen molar-refractivity contribution in [1.29, 1.82) is 5.26 Å². The van der Waals surface area contributed by atoms with Crippen molar-refractivity contribution in [2.45, 2.75) is 25.4 Å². The molecule has 0 radical (unpaired) electrons. The normalized spacial score (nSPS) is 14.4. The summed E-state index contributed by atoms with van der Waals surface area (Å²) < 4.78 is 1.68. The molecule has 0 unspecified atom stereocenters. The molecule has 0 saturated heterocycles. The highest BCUT2D eigenvalue weighted by Crippen LogP contribution is 2.19. The van der Waals surface area contributed by atoms with Crippen molar-refractivity contribution < 1.29 is 0 Å². The van der Waals surface area contributed by atoms with Crippen molar-refractivity contribution in [2.75, 3.05) is 0 Å². The Morgan fingerprint density at radius 1 is 1.39 bits per heavy atom. The molecule has 1 aliphatic carbocycles. The SMILES string of the molecule is N#Cc1nccn1-c1ccc(CNC2CC2)cn1. The second-order valence-corrected chi connectivity index (χ2v) is 4.41. The number of imidazole rings is 1. The van der Waals surface area contributed by atoms with Crippen LogP contribution in [0.5, 0.6) is 0 Å². The molecule has 0 spiro atoms. The third kappa shape index (κ3) is 2.24. The van der Waals surface area contributed by atoms with Crippen LogP contribution in [0.25, 0.3) is 5.82 Å². The molecule has 5 nitrogen and oxygen atoms in total. The molecule has 1 N–H and O–H groups in total. The summed E-state index contributed by atoms with van der Waals surface area (Å²) in [4.78, 5) is 8.31. The van der Waals surface area contributed by atoms with Crippen LogP contribution in [0.2, 0.25) is 0 Å². The lowest BCUT2D eigenvalue weighted by molar-refractivity contribution is 0.685. The van der Waals surface area contributed by atoms with Gasteiger partial charge in [-0.25, -0.2) is 9.97 Å². The molecule has 18 heavy (non-hydrogen) atoms. The largest absolute Gasteiger partial charge is 0.310 e. The quantitative estimate of drug-likeness (QED) is 0.875. The first-order chi connectivity index (χ1) is 8.86. The number of hydrogen-bond donors (Lipinski definition) is 1. The Hall–Kier alpha value is -2.19. The Morgan fingerprint density at radius 3 is 2.94 bits per heavy atom. The topological polar surface area (TPSA) is 66.5 Å². The van der Waals surface area contributed by atoms with Gasteiger partial charge in [-0.15, -0.1) is 0 Å². The zero-order valence-corrected chi connectivity index (χ0v) is 9.87. The van der Waals surface area contributed by atoms with Gasteiger partial charge < -0.3 is 5.32 Å². The predicted molar refractivity (Wildman–Crippen MR) is 65.9 cm³/mol. The van der Waals surface area contributed by atoms with E-state index in [9.17, 15) is 0 Å². The van der Waals surface area contributed by atoms with Crippen LogP contribution in [0.4, 0.5) is 0 Å². The van der Waals surface area contributed by atoms with Crippen LogP contribution in [-0.4, -0.2) is 20.6 Å². The first-order valence-corrected chi connectivity index (χ1v) is 5.99. The number of nitrogens with zero attached hydrogens (tertiary/aromatic N) is 4. The summed E-state index contributed by atoms with van der Waals surface area (Å²) in [6, 6.07) is 6.67. The van der Waals surface area contributed by atoms with Crippen LogP contribution in [-0.2, 0) is 6.54 Å². The molecule has 2 heterocycles. The highest BCUT2D eigenvalue weighted by Gasteiger charge is 2.19. The maximum atomic E-state index is 8.90. The van der Waals surface area contributed by atoms with Crippen molar-refractivity contribution in [2.24, 2.45) is 0 Å². The van der Waals surface area contributed by atoms with E-state index in [1.54, 1.807) is 17.0 Å². The fourth-order valence-electron chi connectivity index (χ4n) is 1.78. The molecule has 0 bridgehead atoms. The van der Waals surface area contributed by atoms with Crippen molar-refractivity contribution >= 4 is 0 Å². The predicted octanol–water partition coefficient (Wildman–Crippen LogP) is 1.39. The number of aromatic nitrogens is 3. The van der Waals surface area contributed by atoms with Crippen LogP contribution in [0.15, 0.2) is 30.7 Å². The molecular weight excluding hydrogens is 226 g/mol. The van der Waals surface area contributed by atoms with E-state index in [1.807, 2.05) is 24.4 Å². The lowest BCUT2D eigenvalue weighted by Crippen LogP contribution is -2.15. The highest BCUT2D eigenvalue weighted by atomic mass is 15.1. The fourth-order valence-corrected chi connectivity index (χ4v) is 1.78. The van der Waals surface area contributed by atoms with Crippen LogP contribution in [0.1, 0.15) is 24.2 Å². The van der Waals surface area contributed by atoms with Gasteiger partial charge in [0.2, 0.25) is 5.82 Å². The van der Waals surface area contributed by atoms with Crippen molar-refractivity contribution in [3.8, 4) is 11.9 Å². The van der Waals surface area contributed by atoms with Crippen LogP contribution in [0, 0.1) is 11.3 Å². The summed E-state index contributed by atoms with van der Waals surface area (Å²) in [7, 11) is 0. The van der Waals surface area contributed by atoms with Crippen LogP contribution >= 0.6 is 0 Å². The number of pyridine rings is 1. The van der Waals surface area contributed by atoms with Crippen molar-refractivity contribution in [1.82, 2.24) is 19.9 Å². The van der Waals surface area contributed by atoms with E-state index in [4.69, 9.17) is 5.26 Å². The summed E-state index contributed by atoms with van der Waals surface area (Å²) in [5.41, 5.74) is 1.16. The van der Waals surface area contributed by atoms with E-state index < -0.39 is 0 Å². The van der Waals surface area contributed by atoms with Gasteiger partial charge in [-0.05, 0) is 24.5 Å². The Bertz CT molecular complexity index is 574. The summed E-state index contributed by atoms with van der Waals surface area (Å²) in [5.74, 6) is 1.07. The van der Waals surface area contributed by atoms with Gasteiger partial charge in [-0.3, -0.25) is 4.57 Å². The maximum Gasteiger partial charge on any atom is 0.218 e. The lowest BCUT2D eigenvalue weighted by atomic mass is 10.3. The smallest absolute Gasteiger partial charge is 0.218 e. The lowest BCUT2D eigenvalue weighted by Gasteiger charge is -2.05. The first kappa shape index (κ1) is 10.9. The van der Waals surface area contributed by atoms with Gasteiger partial charge in [0.05, 0.1) is 0 Å². The standard InChI is InChI=1S/C13H13N5/c14-7-13-15-5-6-18(13)12-4-1-10(9-17-12)8-16-11-2-3-11/h1,4-6,9,11,16H,2-3,8H2. The minimum Gasteiger partial charge on any atom is -0.310 e. The zero-order chi connectivity index (χ0) is 12.4. The van der Waals surface area contributed by atoms with E-state index in [2.05, 4.69) is 15.3 Å². The Morgan fingerprint density at radius 2 is 2.28 bits per heavy atom. The monoisotopic (exact) mass is 239 g/mol. The Balaban J connectivity index is 1.75. The molecule has 2 aromatic rings. The molecule has 1 saturated carbocycles. The number of nitrogens with one attached hydrogen (secondary N) is 1. The zero-order valence-electron chi connectivity index (χ0n) is 9.87. The van der Waals surface area contributed by atoms with Gasteiger partial charge in [0.1, 0.15) is 11.9 Å². The average molecular weight is 239 g/mol. The molecule has 5 heteroatoms. The van der Waals surface area contributed by atoms with Gasteiger partial charge in [0.15, 0.2) is 0 Å². The Labute approximate surface area is 105 Å². The van der Waals surface area contributed by atoms with Gasteiger partial charge >= 0.3 is 0 Å². The Kier molecular flexibility index (Phi) is 2.79. The van der Waals surface area contributed by atoms with E-state index in [1.165, 1.54) is 12.8 Å². The molecule has 3 rings (SSSR count). The first-order valence-electron chi connectivity index (χ1n) is 5.99. The minimum atomic E-state index is 0.353. The van der Waals surface area contributed by atoms with E-state index in [0.29, 0.717) is 11.9 Å². The summed E-state index contributed by atoms with van der Waals surface area (Å²) >= 11 is 0. The van der Waals surface area contributed by atoms with Gasteiger partial charge in [-0.2, -0.15) is 5.26 Å². The highest BCUT2D eigenvalue weighted by molar-refractivity contribution is 5.30. The fraction of sp³-hybridized carbons (Fsp3) is 0.308. The third-order valence-electron chi connectivity index (χ3n) is 2.97. The second kappa shape index (κ2) is 4.59. The molecule has 1 aliphatic rings. The van der Waals surface area contributed by atoms with Gasteiger partial charge in [0, 0.05) is 31.2 Å². The molecule has 90 valence electrons. The molecule has 0 aliphatic heterocycles. The van der Waals surface area contributed by atoms with Crippen LogP contribution < -0.4 is 5.32 Å². The van der Waals surface area contributed by atoms with Crippen LogP contribution in [0.3, 0.4) is 0 Å². The second-order valence-electron chi connectivity index (χ2n) is 4.41. The molecular formula is C13H13N5. The van der Waals surface area contributed by atoms with Gasteiger partial charge in [-0.1, -0.05) is 6.07 Å². The minimum absolute atomic E-state index is 0.353. The number of rotatable bonds is 4. The molecule has 1 fully saturated rings. The molecule has 2 aromatic heterocycles. The number of hydrogen-bond acceptors (Lipinski definition) is 4. The summed E-state index contributed by atoms with van der Waals surface area (Å²) in [6.07, 6.45) is 7.75. The van der Waals surface area contributed by atoms with Crippen molar-refractivity contribution in [3.63, 3.8) is 0 Å². The molecule has 0 aromatic carbocycles. The average Bonchev–Trinajstić information content (AvgIpc) is 3.12. The molecule has 0 atom stereocenters. The van der Waals surface area contributed by atoms with E-state index >= 15 is 0 Å². The van der Waals surface area contributed by atoms with Gasteiger partial charge in [0.25, 0.3) is 0 Å². The summed E-state index contributed by atoms with van der Waals surface area (Å²) in [5, 5.41) is 12.3. The third-order valence-corrected chi connectivity index (χ3v) is 2.97. The maximum absolute atomic E-state index is 8.90. The van der Waals surface area contributed by atoms with Crippen molar-refractivity contribution in [3.05, 3.63) is 42.1 Å².